The van der Waals surface area contributed by atoms with Crippen LogP contribution >= 0.6 is 0 Å². The molecule has 4 nitrogen and oxygen atoms in total. The molecule has 1 N–H and O–H groups in total. The highest BCUT2D eigenvalue weighted by atomic mass is 19.4. The number of rotatable bonds is 2. The Labute approximate surface area is 133 Å². The molecule has 0 unspecified atom stereocenters. The van der Waals surface area contributed by atoms with E-state index in [1.807, 2.05) is 0 Å². The molecule has 8 heteroatoms. The summed E-state index contributed by atoms with van der Waals surface area (Å²) in [5.74, 6) is -0.459. The minimum atomic E-state index is -4.51. The fourth-order valence-corrected chi connectivity index (χ4v) is 2.72. The number of aryl methyl sites for hydroxylation is 2. The number of alkyl halides is 3. The molecule has 2 heterocycles. The highest BCUT2D eigenvalue weighted by molar-refractivity contribution is 5.79. The summed E-state index contributed by atoms with van der Waals surface area (Å²) in [6, 6.07) is 5.71. The largest absolute Gasteiger partial charge is 0.393 e. The van der Waals surface area contributed by atoms with Crippen LogP contribution in [0.5, 0.6) is 0 Å². The van der Waals surface area contributed by atoms with Crippen molar-refractivity contribution in [2.24, 2.45) is 0 Å². The van der Waals surface area contributed by atoms with E-state index in [2.05, 4.69) is 10.1 Å². The van der Waals surface area contributed by atoms with Crippen LogP contribution in [-0.4, -0.2) is 20.8 Å². The van der Waals surface area contributed by atoms with Crippen LogP contribution in [0.15, 0.2) is 29.1 Å². The van der Waals surface area contributed by atoms with Gasteiger partial charge in [0.1, 0.15) is 5.82 Å². The third-order valence-electron chi connectivity index (χ3n) is 3.75. The predicted octanol–water partition coefficient (Wildman–Crippen LogP) is 3.55. The lowest BCUT2D eigenvalue weighted by Crippen LogP contribution is -2.26. The average molecular weight is 339 g/mol. The lowest BCUT2D eigenvalue weighted by Gasteiger charge is -2.09. The van der Waals surface area contributed by atoms with Crippen LogP contribution in [0.1, 0.15) is 17.0 Å². The van der Waals surface area contributed by atoms with Crippen LogP contribution in [0, 0.1) is 19.7 Å². The standard InChI is InChI=1S/C16H13F4N3O/c1-8-12(7-16(18,19)20)15(24)23-14(21-8)13(9(2)22-23)10-4-3-5-11(17)6-10/h3-6,22H,7H2,1-2H3. The van der Waals surface area contributed by atoms with E-state index in [1.165, 1.54) is 25.1 Å². The highest BCUT2D eigenvalue weighted by Gasteiger charge is 2.31. The number of nitrogens with one attached hydrogen (secondary N) is 1. The topological polar surface area (TPSA) is 50.2 Å². The van der Waals surface area contributed by atoms with Gasteiger partial charge in [-0.1, -0.05) is 12.1 Å². The van der Waals surface area contributed by atoms with Gasteiger partial charge in [0.05, 0.1) is 6.42 Å². The van der Waals surface area contributed by atoms with E-state index in [1.54, 1.807) is 13.0 Å². The van der Waals surface area contributed by atoms with Crippen LogP contribution in [0.2, 0.25) is 0 Å². The summed E-state index contributed by atoms with van der Waals surface area (Å²) in [6.45, 7) is 3.01. The average Bonchev–Trinajstić information content (AvgIpc) is 2.79. The smallest absolute Gasteiger partial charge is 0.293 e. The molecule has 0 fully saturated rings. The fourth-order valence-electron chi connectivity index (χ4n) is 2.72. The Hall–Kier alpha value is -2.64. The molecule has 1 aromatic carbocycles. The first-order chi connectivity index (χ1) is 11.2. The molecular formula is C16H13F4N3O. The Morgan fingerprint density at radius 2 is 1.96 bits per heavy atom. The van der Waals surface area contributed by atoms with Crippen molar-refractivity contribution in [3.63, 3.8) is 0 Å². The maximum Gasteiger partial charge on any atom is 0.393 e. The van der Waals surface area contributed by atoms with Crippen LogP contribution in [0.25, 0.3) is 16.8 Å². The molecule has 0 saturated heterocycles. The third-order valence-corrected chi connectivity index (χ3v) is 3.75. The maximum absolute atomic E-state index is 13.5. The molecule has 3 rings (SSSR count). The van der Waals surface area contributed by atoms with Gasteiger partial charge in [-0.05, 0) is 31.5 Å². The SMILES string of the molecule is Cc1nc2c(-c3cccc(F)c3)c(C)[nH]n2c(=O)c1CC(F)(F)F. The van der Waals surface area contributed by atoms with Gasteiger partial charge in [0.2, 0.25) is 0 Å². The highest BCUT2D eigenvalue weighted by Crippen LogP contribution is 2.28. The number of fused-ring (bicyclic) bond motifs is 1. The van der Waals surface area contributed by atoms with Gasteiger partial charge >= 0.3 is 6.18 Å². The van der Waals surface area contributed by atoms with E-state index in [9.17, 15) is 22.4 Å². The molecule has 0 radical (unpaired) electrons. The Balaban J connectivity index is 2.29. The van der Waals surface area contributed by atoms with Gasteiger partial charge in [-0.25, -0.2) is 13.9 Å². The van der Waals surface area contributed by atoms with E-state index in [0.717, 1.165) is 4.52 Å². The Kier molecular flexibility index (Phi) is 3.70. The van der Waals surface area contributed by atoms with Crippen molar-refractivity contribution in [2.75, 3.05) is 0 Å². The molecule has 0 aliphatic heterocycles. The minimum Gasteiger partial charge on any atom is -0.293 e. The fraction of sp³-hybridized carbons (Fsp3) is 0.250. The van der Waals surface area contributed by atoms with E-state index in [0.29, 0.717) is 16.8 Å². The van der Waals surface area contributed by atoms with Gasteiger partial charge in [0, 0.05) is 22.5 Å². The number of nitrogens with zero attached hydrogens (tertiary/aromatic N) is 2. The van der Waals surface area contributed by atoms with Crippen molar-refractivity contribution in [2.45, 2.75) is 26.4 Å². The van der Waals surface area contributed by atoms with Crippen LogP contribution in [0.4, 0.5) is 17.6 Å². The van der Waals surface area contributed by atoms with Gasteiger partial charge in [-0.15, -0.1) is 0 Å². The number of hydrogen-bond donors (Lipinski definition) is 1. The number of H-pyrrole nitrogens is 1. The first-order valence-electron chi connectivity index (χ1n) is 7.11. The number of benzene rings is 1. The minimum absolute atomic E-state index is 0.00831. The van der Waals surface area contributed by atoms with Gasteiger partial charge in [-0.3, -0.25) is 9.89 Å². The molecule has 0 amide bonds. The second kappa shape index (κ2) is 5.47. The number of aromatic amines is 1. The van der Waals surface area contributed by atoms with Crippen molar-refractivity contribution < 1.29 is 17.6 Å². The van der Waals surface area contributed by atoms with E-state index >= 15 is 0 Å². The summed E-state index contributed by atoms with van der Waals surface area (Å²) in [6.07, 6.45) is -5.85. The summed E-state index contributed by atoms with van der Waals surface area (Å²) < 4.78 is 52.5. The molecule has 24 heavy (non-hydrogen) atoms. The maximum atomic E-state index is 13.5. The summed E-state index contributed by atoms with van der Waals surface area (Å²) >= 11 is 0. The summed E-state index contributed by atoms with van der Waals surface area (Å²) in [5, 5.41) is 2.72. The van der Waals surface area contributed by atoms with E-state index in [4.69, 9.17) is 0 Å². The normalized spacial score (nSPS) is 12.1. The monoisotopic (exact) mass is 339 g/mol. The van der Waals surface area contributed by atoms with Gasteiger partial charge in [0.15, 0.2) is 5.65 Å². The Morgan fingerprint density at radius 3 is 2.58 bits per heavy atom. The molecule has 0 aliphatic carbocycles. The summed E-state index contributed by atoms with van der Waals surface area (Å²) in [7, 11) is 0. The number of halogens is 4. The lowest BCUT2D eigenvalue weighted by molar-refractivity contribution is -0.127. The zero-order valence-electron chi connectivity index (χ0n) is 12.8. The molecular weight excluding hydrogens is 326 g/mol. The van der Waals surface area contributed by atoms with Crippen molar-refractivity contribution in [1.82, 2.24) is 14.6 Å². The molecule has 0 aliphatic rings. The molecule has 0 saturated carbocycles. The first kappa shape index (κ1) is 16.2. The van der Waals surface area contributed by atoms with Crippen molar-refractivity contribution in [3.8, 4) is 11.1 Å². The van der Waals surface area contributed by atoms with Crippen molar-refractivity contribution in [1.29, 1.82) is 0 Å². The molecule has 2 aromatic heterocycles. The first-order valence-corrected chi connectivity index (χ1v) is 7.11. The summed E-state index contributed by atoms with van der Waals surface area (Å²) in [5.41, 5.74) is 0.441. The molecule has 0 atom stereocenters. The van der Waals surface area contributed by atoms with E-state index < -0.39 is 29.5 Å². The zero-order chi connectivity index (χ0) is 17.6. The van der Waals surface area contributed by atoms with Crippen LogP contribution < -0.4 is 5.56 Å². The van der Waals surface area contributed by atoms with Crippen LogP contribution in [-0.2, 0) is 6.42 Å². The van der Waals surface area contributed by atoms with Crippen molar-refractivity contribution in [3.05, 3.63) is 57.4 Å². The summed E-state index contributed by atoms with van der Waals surface area (Å²) in [4.78, 5) is 16.6. The van der Waals surface area contributed by atoms with Gasteiger partial charge < -0.3 is 0 Å². The second-order valence-corrected chi connectivity index (χ2v) is 5.55. The zero-order valence-corrected chi connectivity index (χ0v) is 12.8. The third kappa shape index (κ3) is 2.79. The number of hydrogen-bond acceptors (Lipinski definition) is 2. The van der Waals surface area contributed by atoms with Crippen LogP contribution in [0.3, 0.4) is 0 Å². The molecule has 0 spiro atoms. The molecule has 126 valence electrons. The molecule has 0 bridgehead atoms. The molecule has 3 aromatic rings. The number of aromatic nitrogens is 3. The van der Waals surface area contributed by atoms with Gasteiger partial charge in [-0.2, -0.15) is 13.2 Å². The van der Waals surface area contributed by atoms with Gasteiger partial charge in [0.25, 0.3) is 5.56 Å². The van der Waals surface area contributed by atoms with Crippen molar-refractivity contribution >= 4 is 5.65 Å². The van der Waals surface area contributed by atoms with E-state index in [-0.39, 0.29) is 11.3 Å². The second-order valence-electron chi connectivity index (χ2n) is 5.55. The predicted molar refractivity (Wildman–Crippen MR) is 80.4 cm³/mol. The quantitative estimate of drug-likeness (QED) is 0.726. The Bertz CT molecular complexity index is 985. The lowest BCUT2D eigenvalue weighted by atomic mass is 10.1. The Morgan fingerprint density at radius 1 is 1.25 bits per heavy atom.